The minimum Gasteiger partial charge on any atom is -0.489 e. The van der Waals surface area contributed by atoms with E-state index in [1.165, 1.54) is 13.0 Å². The van der Waals surface area contributed by atoms with Crippen LogP contribution in [0.5, 0.6) is 5.75 Å². The fourth-order valence-electron chi connectivity index (χ4n) is 3.21. The Kier molecular flexibility index (Phi) is 5.98. The molecular weight excluding hydrogens is 404 g/mol. The van der Waals surface area contributed by atoms with Crippen molar-refractivity contribution in [3.63, 3.8) is 0 Å². The molecule has 2 aromatic rings. The molecule has 0 saturated heterocycles. The molecule has 2 N–H and O–H groups in total. The van der Waals surface area contributed by atoms with Crippen LogP contribution in [0.25, 0.3) is 0 Å². The highest BCUT2D eigenvalue weighted by atomic mass is 32.2. The van der Waals surface area contributed by atoms with Crippen molar-refractivity contribution in [2.75, 3.05) is 5.32 Å². The number of sulfonamides is 1. The Morgan fingerprint density at radius 1 is 1.20 bits per heavy atom. The Balaban J connectivity index is 1.90. The maximum Gasteiger partial charge on any atom is 0.266 e. The first-order valence-corrected chi connectivity index (χ1v) is 10.9. The van der Waals surface area contributed by atoms with Gasteiger partial charge in [-0.1, -0.05) is 43.3 Å². The molecule has 0 spiro atoms. The summed E-state index contributed by atoms with van der Waals surface area (Å²) >= 11 is 0. The highest BCUT2D eigenvalue weighted by Crippen LogP contribution is 2.53. The lowest BCUT2D eigenvalue weighted by Crippen LogP contribution is -2.37. The topological polar surface area (TPSA) is 102 Å². The summed E-state index contributed by atoms with van der Waals surface area (Å²) in [6, 6.07) is 13.6. The van der Waals surface area contributed by atoms with Crippen LogP contribution < -0.4 is 14.8 Å². The molecule has 1 aliphatic rings. The van der Waals surface area contributed by atoms with Crippen molar-refractivity contribution in [3.05, 3.63) is 66.7 Å². The number of benzene rings is 2. The van der Waals surface area contributed by atoms with Crippen LogP contribution in [0.15, 0.2) is 66.1 Å². The summed E-state index contributed by atoms with van der Waals surface area (Å²) in [6.45, 7) is 6.68. The second-order valence-corrected chi connectivity index (χ2v) is 9.12. The molecule has 1 aliphatic carbocycles. The van der Waals surface area contributed by atoms with E-state index in [9.17, 15) is 18.0 Å². The molecule has 7 nitrogen and oxygen atoms in total. The summed E-state index contributed by atoms with van der Waals surface area (Å²) in [4.78, 5) is 24.1. The van der Waals surface area contributed by atoms with Crippen molar-refractivity contribution in [1.29, 1.82) is 0 Å². The normalized spacial score (nSPS) is 20.1. The summed E-state index contributed by atoms with van der Waals surface area (Å²) in [7, 11) is -4.22. The number of carbonyl (C=O) groups excluding carboxylic acids is 2. The minimum atomic E-state index is -4.22. The van der Waals surface area contributed by atoms with Gasteiger partial charge in [0.05, 0.1) is 11.1 Å². The third-order valence-electron chi connectivity index (χ3n) is 5.17. The van der Waals surface area contributed by atoms with Crippen LogP contribution in [0.3, 0.4) is 0 Å². The van der Waals surface area contributed by atoms with Crippen LogP contribution >= 0.6 is 0 Å². The summed E-state index contributed by atoms with van der Waals surface area (Å²) in [5.41, 5.74) is -0.245. The second-order valence-electron chi connectivity index (χ2n) is 7.47. The van der Waals surface area contributed by atoms with Crippen LogP contribution in [0.2, 0.25) is 0 Å². The zero-order valence-electron chi connectivity index (χ0n) is 16.8. The maximum atomic E-state index is 13.0. The zero-order chi connectivity index (χ0) is 21.9. The molecule has 0 heterocycles. The Morgan fingerprint density at radius 3 is 2.50 bits per heavy atom. The molecule has 2 atom stereocenters. The average molecular weight is 429 g/mol. The van der Waals surface area contributed by atoms with Gasteiger partial charge >= 0.3 is 0 Å². The van der Waals surface area contributed by atoms with Gasteiger partial charge in [-0.3, -0.25) is 9.59 Å². The number of nitrogens with one attached hydrogen (secondary N) is 2. The molecule has 2 aromatic carbocycles. The predicted molar refractivity (Wildman–Crippen MR) is 113 cm³/mol. The molecule has 1 saturated carbocycles. The maximum absolute atomic E-state index is 13.0. The lowest BCUT2D eigenvalue weighted by molar-refractivity contribution is -0.124. The van der Waals surface area contributed by atoms with Gasteiger partial charge in [0, 0.05) is 12.5 Å². The van der Waals surface area contributed by atoms with E-state index in [0.29, 0.717) is 17.7 Å². The molecule has 8 heteroatoms. The number of para-hydroxylation sites is 2. The predicted octanol–water partition coefficient (Wildman–Crippen LogP) is 3.24. The van der Waals surface area contributed by atoms with Gasteiger partial charge in [0.1, 0.15) is 17.3 Å². The van der Waals surface area contributed by atoms with E-state index in [0.717, 1.165) is 0 Å². The van der Waals surface area contributed by atoms with Crippen molar-refractivity contribution in [2.45, 2.75) is 31.8 Å². The summed E-state index contributed by atoms with van der Waals surface area (Å²) in [5, 5.41) is 2.57. The van der Waals surface area contributed by atoms with E-state index < -0.39 is 27.3 Å². The van der Waals surface area contributed by atoms with Crippen LogP contribution in [-0.2, 0) is 26.2 Å². The molecule has 0 bridgehead atoms. The Bertz CT molecular complexity index is 1080. The number of ether oxygens (including phenoxy) is 1. The first kappa shape index (κ1) is 21.6. The van der Waals surface area contributed by atoms with Gasteiger partial charge in [-0.2, -0.15) is 0 Å². The van der Waals surface area contributed by atoms with Crippen molar-refractivity contribution in [3.8, 4) is 5.75 Å². The van der Waals surface area contributed by atoms with E-state index in [1.54, 1.807) is 37.3 Å². The van der Waals surface area contributed by atoms with Crippen LogP contribution in [0, 0.1) is 11.3 Å². The van der Waals surface area contributed by atoms with Crippen molar-refractivity contribution < 1.29 is 22.7 Å². The van der Waals surface area contributed by atoms with E-state index >= 15 is 0 Å². The fraction of sp³-hybridized carbons (Fsp3) is 0.273. The van der Waals surface area contributed by atoms with Gasteiger partial charge in [0.15, 0.2) is 0 Å². The van der Waals surface area contributed by atoms with E-state index in [-0.39, 0.29) is 23.1 Å². The monoisotopic (exact) mass is 428 g/mol. The lowest BCUT2D eigenvalue weighted by atomic mass is 10.1. The quantitative estimate of drug-likeness (QED) is 0.629. The summed E-state index contributed by atoms with van der Waals surface area (Å²) < 4.78 is 33.8. The summed E-state index contributed by atoms with van der Waals surface area (Å²) in [5.74, 6) is -0.490. The van der Waals surface area contributed by atoms with E-state index in [1.807, 2.05) is 18.2 Å². The molecule has 0 radical (unpaired) electrons. The zero-order valence-corrected chi connectivity index (χ0v) is 17.7. The first-order valence-electron chi connectivity index (χ1n) is 9.44. The number of anilines is 1. The SMILES string of the molecule is C=C[C@@H]1C[C@]1(C)C(=O)NS(=O)(=O)c1cccc(COc2ccccc2)c1NC(C)=O. The molecule has 0 aliphatic heterocycles. The highest BCUT2D eigenvalue weighted by Gasteiger charge is 2.55. The Morgan fingerprint density at radius 2 is 1.90 bits per heavy atom. The van der Waals surface area contributed by atoms with Gasteiger partial charge in [-0.25, -0.2) is 13.1 Å². The standard InChI is InChI=1S/C22H24N2O5S/c1-4-17-13-22(17,3)21(26)24-30(27,28)19-12-8-9-16(20(19)23-15(2)25)14-29-18-10-6-5-7-11-18/h4-12,17H,1,13-14H2,2-3H3,(H,23,25)(H,24,26)/t17-,22+/m1/s1. The molecule has 2 amide bonds. The van der Waals surface area contributed by atoms with Crippen molar-refractivity contribution in [1.82, 2.24) is 4.72 Å². The minimum absolute atomic E-state index is 0.0349. The third kappa shape index (κ3) is 4.54. The third-order valence-corrected chi connectivity index (χ3v) is 6.55. The largest absolute Gasteiger partial charge is 0.489 e. The highest BCUT2D eigenvalue weighted by molar-refractivity contribution is 7.90. The Labute approximate surface area is 176 Å². The molecular formula is C22H24N2O5S. The molecule has 0 unspecified atom stereocenters. The van der Waals surface area contributed by atoms with Gasteiger partial charge in [0.25, 0.3) is 10.0 Å². The van der Waals surface area contributed by atoms with E-state index in [2.05, 4.69) is 16.6 Å². The number of carbonyl (C=O) groups is 2. The van der Waals surface area contributed by atoms with Gasteiger partial charge < -0.3 is 10.1 Å². The smallest absolute Gasteiger partial charge is 0.266 e. The molecule has 30 heavy (non-hydrogen) atoms. The number of hydrogen-bond acceptors (Lipinski definition) is 5. The molecule has 0 aromatic heterocycles. The lowest BCUT2D eigenvalue weighted by Gasteiger charge is -2.17. The number of rotatable bonds is 8. The van der Waals surface area contributed by atoms with Crippen LogP contribution in [0.4, 0.5) is 5.69 Å². The van der Waals surface area contributed by atoms with Gasteiger partial charge in [-0.15, -0.1) is 6.58 Å². The molecule has 3 rings (SSSR count). The average Bonchev–Trinajstić information content (AvgIpc) is 3.39. The van der Waals surface area contributed by atoms with Gasteiger partial charge in [0.2, 0.25) is 11.8 Å². The fourth-order valence-corrected chi connectivity index (χ4v) is 4.51. The van der Waals surface area contributed by atoms with Crippen LogP contribution in [-0.4, -0.2) is 20.2 Å². The molecule has 1 fully saturated rings. The molecule has 158 valence electrons. The number of allylic oxidation sites excluding steroid dienone is 1. The van der Waals surface area contributed by atoms with Crippen molar-refractivity contribution in [2.24, 2.45) is 11.3 Å². The Hall–Kier alpha value is -3.13. The second kappa shape index (κ2) is 8.31. The first-order chi connectivity index (χ1) is 14.2. The summed E-state index contributed by atoms with van der Waals surface area (Å²) in [6.07, 6.45) is 2.19. The van der Waals surface area contributed by atoms with Crippen molar-refractivity contribution >= 4 is 27.5 Å². The van der Waals surface area contributed by atoms with Crippen LogP contribution in [0.1, 0.15) is 25.8 Å². The van der Waals surface area contributed by atoms with Gasteiger partial charge in [-0.05, 0) is 30.5 Å². The number of hydrogen-bond donors (Lipinski definition) is 2. The van der Waals surface area contributed by atoms with E-state index in [4.69, 9.17) is 4.74 Å². The number of amides is 2.